The minimum atomic E-state index is 0.394. The molecule has 0 unspecified atom stereocenters. The molecule has 3 rings (SSSR count). The average molecular weight is 275 g/mol. The zero-order chi connectivity index (χ0) is 13.4. The predicted octanol–water partition coefficient (Wildman–Crippen LogP) is 2.11. The third-order valence-corrected chi connectivity index (χ3v) is 3.00. The van der Waals surface area contributed by atoms with E-state index in [1.54, 1.807) is 16.6 Å². The van der Waals surface area contributed by atoms with Gasteiger partial charge in [0.05, 0.1) is 11.4 Å². The monoisotopic (exact) mass is 274 g/mol. The predicted molar refractivity (Wildman–Crippen MR) is 70.9 cm³/mol. The summed E-state index contributed by atoms with van der Waals surface area (Å²) in [5.41, 5.74) is 3.22. The molecule has 0 spiro atoms. The third-order valence-electron chi connectivity index (χ3n) is 2.80. The molecule has 0 aliphatic carbocycles. The summed E-state index contributed by atoms with van der Waals surface area (Å²) in [5, 5.41) is 21.1. The van der Waals surface area contributed by atoms with Crippen molar-refractivity contribution < 1.29 is 0 Å². The average Bonchev–Trinajstić information content (AvgIpc) is 2.81. The summed E-state index contributed by atoms with van der Waals surface area (Å²) in [5.74, 6) is 0.632. The van der Waals surface area contributed by atoms with Crippen LogP contribution in [0.25, 0.3) is 17.0 Å². The Morgan fingerprint density at radius 2 is 2.00 bits per heavy atom. The van der Waals surface area contributed by atoms with Crippen molar-refractivity contribution in [3.8, 4) is 11.4 Å². The van der Waals surface area contributed by atoms with Gasteiger partial charge in [-0.3, -0.25) is 0 Å². The molecule has 0 aliphatic rings. The molecule has 7 heteroatoms. The van der Waals surface area contributed by atoms with Gasteiger partial charge >= 0.3 is 0 Å². The molecule has 0 fully saturated rings. The molecule has 0 atom stereocenters. The van der Waals surface area contributed by atoms with Crippen LogP contribution in [0.1, 0.15) is 18.3 Å². The minimum absolute atomic E-state index is 0.394. The number of aryl methyl sites for hydroxylation is 2. The molecular formula is C12H11ClN6. The Kier molecular flexibility index (Phi) is 2.87. The highest BCUT2D eigenvalue weighted by atomic mass is 35.5. The van der Waals surface area contributed by atoms with E-state index in [-0.39, 0.29) is 0 Å². The highest BCUT2D eigenvalue weighted by molar-refractivity contribution is 6.29. The second-order valence-corrected chi connectivity index (χ2v) is 4.54. The van der Waals surface area contributed by atoms with Crippen LogP contribution in [0.2, 0.25) is 5.15 Å². The molecule has 0 N–H and O–H groups in total. The molecule has 0 bridgehead atoms. The topological polar surface area (TPSA) is 68.9 Å². The third kappa shape index (κ3) is 2.04. The molecule has 19 heavy (non-hydrogen) atoms. The number of fused-ring (bicyclic) bond motifs is 1. The molecule has 6 nitrogen and oxygen atoms in total. The number of nitrogens with zero attached hydrogens (tertiary/aromatic N) is 6. The van der Waals surface area contributed by atoms with Gasteiger partial charge in [0, 0.05) is 5.56 Å². The molecule has 0 saturated carbocycles. The number of rotatable bonds is 2. The van der Waals surface area contributed by atoms with Crippen molar-refractivity contribution in [3.63, 3.8) is 0 Å². The molecule has 3 aromatic heterocycles. The quantitative estimate of drug-likeness (QED) is 0.716. The summed E-state index contributed by atoms with van der Waals surface area (Å²) in [6, 6.07) is 5.40. The summed E-state index contributed by atoms with van der Waals surface area (Å²) in [6.07, 6.45) is 0.762. The van der Waals surface area contributed by atoms with Gasteiger partial charge in [-0.05, 0) is 31.5 Å². The number of hydrogen-bond donors (Lipinski definition) is 0. The van der Waals surface area contributed by atoms with Crippen LogP contribution < -0.4 is 0 Å². The van der Waals surface area contributed by atoms with Gasteiger partial charge in [-0.1, -0.05) is 18.5 Å². The fourth-order valence-corrected chi connectivity index (χ4v) is 2.04. The summed E-state index contributed by atoms with van der Waals surface area (Å²) in [4.78, 5) is 0. The van der Waals surface area contributed by atoms with E-state index in [2.05, 4.69) is 25.5 Å². The first-order valence-corrected chi connectivity index (χ1v) is 6.28. The number of hydrogen-bond acceptors (Lipinski definition) is 5. The Morgan fingerprint density at radius 3 is 2.79 bits per heavy atom. The molecule has 0 amide bonds. The second kappa shape index (κ2) is 4.55. The first kappa shape index (κ1) is 12.0. The zero-order valence-electron chi connectivity index (χ0n) is 10.5. The van der Waals surface area contributed by atoms with Gasteiger partial charge in [0.15, 0.2) is 11.5 Å². The lowest BCUT2D eigenvalue weighted by Crippen LogP contribution is -2.02. The molecule has 0 aromatic carbocycles. The van der Waals surface area contributed by atoms with E-state index in [0.29, 0.717) is 16.6 Å². The Hall–Kier alpha value is -2.08. The van der Waals surface area contributed by atoms with Gasteiger partial charge in [0.2, 0.25) is 0 Å². The molecule has 3 aromatic rings. The van der Waals surface area contributed by atoms with Crippen molar-refractivity contribution in [2.75, 3.05) is 0 Å². The fraction of sp³-hybridized carbons (Fsp3) is 0.250. The van der Waals surface area contributed by atoms with Crippen LogP contribution in [-0.4, -0.2) is 30.0 Å². The number of aromatic nitrogens is 6. The van der Waals surface area contributed by atoms with Crippen molar-refractivity contribution in [1.82, 2.24) is 30.0 Å². The fourth-order valence-electron chi connectivity index (χ4n) is 1.90. The van der Waals surface area contributed by atoms with Gasteiger partial charge in [0.25, 0.3) is 0 Å². The summed E-state index contributed by atoms with van der Waals surface area (Å²) in [7, 11) is 0. The Bertz CT molecular complexity index is 751. The van der Waals surface area contributed by atoms with Crippen molar-refractivity contribution in [1.29, 1.82) is 0 Å². The van der Waals surface area contributed by atoms with Crippen molar-refractivity contribution >= 4 is 17.2 Å². The maximum absolute atomic E-state index is 5.92. The van der Waals surface area contributed by atoms with Crippen LogP contribution in [0.4, 0.5) is 0 Å². The molecule has 96 valence electrons. The summed E-state index contributed by atoms with van der Waals surface area (Å²) < 4.78 is 1.62. The normalized spacial score (nSPS) is 11.1. The van der Waals surface area contributed by atoms with Crippen LogP contribution >= 0.6 is 11.6 Å². The Balaban J connectivity index is 2.29. The maximum atomic E-state index is 5.92. The Morgan fingerprint density at radius 1 is 1.16 bits per heavy atom. The van der Waals surface area contributed by atoms with E-state index >= 15 is 0 Å². The lowest BCUT2D eigenvalue weighted by molar-refractivity contribution is 0.877. The highest BCUT2D eigenvalue weighted by Gasteiger charge is 2.14. The Labute approximate surface area is 114 Å². The summed E-state index contributed by atoms with van der Waals surface area (Å²) >= 11 is 5.92. The van der Waals surface area contributed by atoms with Crippen molar-refractivity contribution in [2.24, 2.45) is 0 Å². The summed E-state index contributed by atoms with van der Waals surface area (Å²) in [6.45, 7) is 3.91. The van der Waals surface area contributed by atoms with Gasteiger partial charge < -0.3 is 0 Å². The van der Waals surface area contributed by atoms with E-state index in [1.807, 2.05) is 19.9 Å². The first-order valence-electron chi connectivity index (χ1n) is 5.90. The SMILES string of the molecule is CCc1nnc(C)cc1-c1nnc2ccc(Cl)nn12. The molecule has 0 radical (unpaired) electrons. The van der Waals surface area contributed by atoms with Crippen LogP contribution in [0.15, 0.2) is 18.2 Å². The standard InChI is InChI=1S/C12H11ClN6/c1-3-9-8(6-7(2)14-15-9)12-17-16-11-5-4-10(13)18-19(11)12/h4-6H,3H2,1-2H3. The largest absolute Gasteiger partial charge is 0.191 e. The van der Waals surface area contributed by atoms with E-state index in [4.69, 9.17) is 11.6 Å². The van der Waals surface area contributed by atoms with Crippen molar-refractivity contribution in [2.45, 2.75) is 20.3 Å². The van der Waals surface area contributed by atoms with Gasteiger partial charge in [-0.25, -0.2) is 0 Å². The van der Waals surface area contributed by atoms with Crippen LogP contribution in [0.5, 0.6) is 0 Å². The van der Waals surface area contributed by atoms with Gasteiger partial charge in [-0.15, -0.1) is 10.2 Å². The van der Waals surface area contributed by atoms with Crippen LogP contribution in [0, 0.1) is 6.92 Å². The minimum Gasteiger partial charge on any atom is -0.191 e. The van der Waals surface area contributed by atoms with Crippen LogP contribution in [0.3, 0.4) is 0 Å². The molecule has 0 aliphatic heterocycles. The van der Waals surface area contributed by atoms with E-state index < -0.39 is 0 Å². The van der Waals surface area contributed by atoms with E-state index in [1.165, 1.54) is 0 Å². The van der Waals surface area contributed by atoms with Gasteiger partial charge in [-0.2, -0.15) is 19.8 Å². The smallest absolute Gasteiger partial charge is 0.187 e. The van der Waals surface area contributed by atoms with E-state index in [0.717, 1.165) is 23.4 Å². The highest BCUT2D eigenvalue weighted by Crippen LogP contribution is 2.22. The molecular weight excluding hydrogens is 264 g/mol. The number of halogens is 1. The molecule has 0 saturated heterocycles. The second-order valence-electron chi connectivity index (χ2n) is 4.15. The maximum Gasteiger partial charge on any atom is 0.187 e. The lowest BCUT2D eigenvalue weighted by Gasteiger charge is -2.05. The first-order chi connectivity index (χ1) is 9.19. The van der Waals surface area contributed by atoms with Crippen LogP contribution in [-0.2, 0) is 6.42 Å². The van der Waals surface area contributed by atoms with Gasteiger partial charge in [0.1, 0.15) is 5.15 Å². The van der Waals surface area contributed by atoms with E-state index in [9.17, 15) is 0 Å². The molecule has 3 heterocycles. The lowest BCUT2D eigenvalue weighted by atomic mass is 10.1. The zero-order valence-corrected chi connectivity index (χ0v) is 11.3. The van der Waals surface area contributed by atoms with Crippen molar-refractivity contribution in [3.05, 3.63) is 34.7 Å².